The molecule has 9 heteroatoms. The average Bonchev–Trinajstić information content (AvgIpc) is 2.76. The Balaban J connectivity index is 2.54. The van der Waals surface area contributed by atoms with Gasteiger partial charge in [0.1, 0.15) is 11.6 Å². The molecular weight excluding hydrogens is 465 g/mol. The summed E-state index contributed by atoms with van der Waals surface area (Å²) < 4.78 is 21.5. The molecular formula is C27H32FN3O5. The minimum Gasteiger partial charge on any atom is -0.484 e. The SMILES string of the molecule is CC(C)Cn1c(C(NC(=O)O)C(C)(C)C)c(-c2cccc(F)c2)c2cc(OCC(N)=O)ccc2c1=O. The van der Waals surface area contributed by atoms with Crippen molar-refractivity contribution in [2.45, 2.75) is 47.2 Å². The number of fused-ring (bicyclic) bond motifs is 1. The minimum absolute atomic E-state index is 0.0582. The van der Waals surface area contributed by atoms with E-state index in [1.807, 2.05) is 34.6 Å². The van der Waals surface area contributed by atoms with E-state index in [1.165, 1.54) is 12.1 Å². The maximum absolute atomic E-state index is 14.5. The van der Waals surface area contributed by atoms with Gasteiger partial charge in [0.05, 0.1) is 11.7 Å². The number of nitrogens with one attached hydrogen (secondary N) is 1. The van der Waals surface area contributed by atoms with Gasteiger partial charge < -0.3 is 25.5 Å². The second kappa shape index (κ2) is 10.4. The molecule has 0 radical (unpaired) electrons. The number of nitrogens with two attached hydrogens (primary N) is 1. The van der Waals surface area contributed by atoms with Crippen molar-refractivity contribution in [1.29, 1.82) is 0 Å². The van der Waals surface area contributed by atoms with E-state index in [1.54, 1.807) is 34.9 Å². The number of ether oxygens (including phenoxy) is 1. The van der Waals surface area contributed by atoms with Crippen LogP contribution < -0.4 is 21.3 Å². The van der Waals surface area contributed by atoms with Crippen LogP contribution in [0.5, 0.6) is 5.75 Å². The Morgan fingerprint density at radius 2 is 1.83 bits per heavy atom. The van der Waals surface area contributed by atoms with Gasteiger partial charge in [-0.15, -0.1) is 0 Å². The highest BCUT2D eigenvalue weighted by Gasteiger charge is 2.34. The van der Waals surface area contributed by atoms with Crippen LogP contribution in [0.25, 0.3) is 21.9 Å². The van der Waals surface area contributed by atoms with E-state index in [9.17, 15) is 23.9 Å². The van der Waals surface area contributed by atoms with Gasteiger partial charge >= 0.3 is 6.09 Å². The third-order valence-electron chi connectivity index (χ3n) is 5.73. The Morgan fingerprint density at radius 3 is 2.39 bits per heavy atom. The number of primary amides is 1. The quantitative estimate of drug-likeness (QED) is 0.417. The summed E-state index contributed by atoms with van der Waals surface area (Å²) in [6.07, 6.45) is -1.25. The van der Waals surface area contributed by atoms with Crippen LogP contribution in [0.2, 0.25) is 0 Å². The van der Waals surface area contributed by atoms with Crippen LogP contribution in [0.4, 0.5) is 9.18 Å². The number of amides is 2. The highest BCUT2D eigenvalue weighted by Crippen LogP contribution is 2.42. The maximum Gasteiger partial charge on any atom is 0.405 e. The van der Waals surface area contributed by atoms with Crippen LogP contribution >= 0.6 is 0 Å². The number of benzene rings is 2. The van der Waals surface area contributed by atoms with Crippen molar-refractivity contribution in [1.82, 2.24) is 9.88 Å². The molecule has 1 unspecified atom stereocenters. The van der Waals surface area contributed by atoms with Gasteiger partial charge in [0, 0.05) is 22.9 Å². The second-order valence-corrected chi connectivity index (χ2v) is 10.3. The molecule has 0 bridgehead atoms. The zero-order chi connectivity index (χ0) is 26.8. The Morgan fingerprint density at radius 1 is 1.14 bits per heavy atom. The molecule has 192 valence electrons. The topological polar surface area (TPSA) is 124 Å². The highest BCUT2D eigenvalue weighted by molar-refractivity contribution is 5.98. The molecule has 3 aromatic rings. The zero-order valence-electron chi connectivity index (χ0n) is 21.1. The average molecular weight is 498 g/mol. The third kappa shape index (κ3) is 5.84. The fourth-order valence-corrected chi connectivity index (χ4v) is 4.30. The van der Waals surface area contributed by atoms with Gasteiger partial charge in [0.25, 0.3) is 11.5 Å². The summed E-state index contributed by atoms with van der Waals surface area (Å²) in [6, 6.07) is 9.87. The van der Waals surface area contributed by atoms with Crippen molar-refractivity contribution < 1.29 is 23.8 Å². The molecule has 0 spiro atoms. The van der Waals surface area contributed by atoms with Crippen LogP contribution in [-0.4, -0.2) is 28.3 Å². The van der Waals surface area contributed by atoms with E-state index in [4.69, 9.17) is 10.5 Å². The summed E-state index contributed by atoms with van der Waals surface area (Å²) in [7, 11) is 0. The summed E-state index contributed by atoms with van der Waals surface area (Å²) in [6.45, 7) is 9.47. The van der Waals surface area contributed by atoms with E-state index in [2.05, 4.69) is 5.32 Å². The number of hydrogen-bond acceptors (Lipinski definition) is 4. The summed E-state index contributed by atoms with van der Waals surface area (Å²) in [5.41, 5.74) is 5.65. The molecule has 0 saturated carbocycles. The van der Waals surface area contributed by atoms with Gasteiger partial charge in [-0.3, -0.25) is 9.59 Å². The Labute approximate surface area is 208 Å². The van der Waals surface area contributed by atoms with Crippen LogP contribution in [0.15, 0.2) is 47.3 Å². The Kier molecular flexibility index (Phi) is 7.71. The van der Waals surface area contributed by atoms with Crippen LogP contribution in [0.3, 0.4) is 0 Å². The fourth-order valence-electron chi connectivity index (χ4n) is 4.30. The molecule has 0 aliphatic carbocycles. The number of carbonyl (C=O) groups is 2. The molecule has 1 aromatic heterocycles. The molecule has 2 amide bonds. The van der Waals surface area contributed by atoms with Gasteiger partial charge in [-0.1, -0.05) is 46.8 Å². The van der Waals surface area contributed by atoms with Crippen molar-refractivity contribution >= 4 is 22.8 Å². The van der Waals surface area contributed by atoms with E-state index in [0.29, 0.717) is 39.9 Å². The Bertz CT molecular complexity index is 1360. The molecule has 8 nitrogen and oxygen atoms in total. The second-order valence-electron chi connectivity index (χ2n) is 10.3. The van der Waals surface area contributed by atoms with Crippen LogP contribution in [0, 0.1) is 17.2 Å². The predicted molar refractivity (Wildman–Crippen MR) is 136 cm³/mol. The maximum atomic E-state index is 14.5. The van der Waals surface area contributed by atoms with E-state index in [-0.39, 0.29) is 18.1 Å². The first-order valence-electron chi connectivity index (χ1n) is 11.7. The van der Waals surface area contributed by atoms with Crippen molar-refractivity contribution in [2.24, 2.45) is 17.1 Å². The van der Waals surface area contributed by atoms with Crippen molar-refractivity contribution in [3.63, 3.8) is 0 Å². The summed E-state index contributed by atoms with van der Waals surface area (Å²) in [4.78, 5) is 37.0. The molecule has 2 aromatic carbocycles. The number of hydrogen-bond donors (Lipinski definition) is 3. The zero-order valence-corrected chi connectivity index (χ0v) is 21.1. The van der Waals surface area contributed by atoms with E-state index < -0.39 is 29.3 Å². The number of nitrogens with zero attached hydrogens (tertiary/aromatic N) is 1. The lowest BCUT2D eigenvalue weighted by Gasteiger charge is -2.35. The first-order chi connectivity index (χ1) is 16.8. The lowest BCUT2D eigenvalue weighted by atomic mass is 9.80. The molecule has 0 aliphatic rings. The summed E-state index contributed by atoms with van der Waals surface area (Å²) in [5.74, 6) is -0.785. The summed E-state index contributed by atoms with van der Waals surface area (Å²) in [5, 5.41) is 13.1. The number of carboxylic acid groups (broad SMARTS) is 1. The summed E-state index contributed by atoms with van der Waals surface area (Å²) >= 11 is 0. The normalized spacial score (nSPS) is 12.5. The van der Waals surface area contributed by atoms with Crippen molar-refractivity contribution in [3.05, 3.63) is 64.3 Å². The Hall–Kier alpha value is -3.88. The molecule has 4 N–H and O–H groups in total. The highest BCUT2D eigenvalue weighted by atomic mass is 19.1. The van der Waals surface area contributed by atoms with E-state index in [0.717, 1.165) is 0 Å². The van der Waals surface area contributed by atoms with Crippen molar-refractivity contribution in [2.75, 3.05) is 6.61 Å². The smallest absolute Gasteiger partial charge is 0.405 e. The molecule has 1 heterocycles. The molecule has 3 rings (SSSR count). The number of pyridine rings is 1. The number of aromatic nitrogens is 1. The van der Waals surface area contributed by atoms with Crippen LogP contribution in [0.1, 0.15) is 46.4 Å². The molecule has 36 heavy (non-hydrogen) atoms. The third-order valence-corrected chi connectivity index (χ3v) is 5.73. The monoisotopic (exact) mass is 497 g/mol. The molecule has 0 aliphatic heterocycles. The molecule has 1 atom stereocenters. The number of carbonyl (C=O) groups excluding carboxylic acids is 1. The van der Waals surface area contributed by atoms with Crippen LogP contribution in [-0.2, 0) is 11.3 Å². The van der Waals surface area contributed by atoms with Gasteiger partial charge in [0.15, 0.2) is 6.61 Å². The number of halogens is 1. The predicted octanol–water partition coefficient (Wildman–Crippen LogP) is 4.68. The lowest BCUT2D eigenvalue weighted by molar-refractivity contribution is -0.119. The number of rotatable bonds is 8. The molecule has 0 saturated heterocycles. The fraction of sp³-hybridized carbons (Fsp3) is 0.370. The first-order valence-corrected chi connectivity index (χ1v) is 11.7. The first kappa shape index (κ1) is 26.7. The van der Waals surface area contributed by atoms with Crippen molar-refractivity contribution in [3.8, 4) is 16.9 Å². The van der Waals surface area contributed by atoms with E-state index >= 15 is 0 Å². The van der Waals surface area contributed by atoms with Gasteiger partial charge in [0.2, 0.25) is 0 Å². The lowest BCUT2D eigenvalue weighted by Crippen LogP contribution is -2.40. The minimum atomic E-state index is -1.25. The van der Waals surface area contributed by atoms with Gasteiger partial charge in [-0.05, 0) is 47.2 Å². The standard InChI is InChI=1S/C27H32FN3O5/c1-15(2)13-31-23(24(27(3,4)5)30-26(34)35)22(16-7-6-8-17(28)11-16)20-12-18(36-14-21(29)32)9-10-19(20)25(31)33/h6-12,15,24,30H,13-14H2,1-5H3,(H2,29,32)(H,34,35). The van der Waals surface area contributed by atoms with Gasteiger partial charge in [-0.25, -0.2) is 9.18 Å². The largest absolute Gasteiger partial charge is 0.484 e. The molecule has 0 fully saturated rings. The van der Waals surface area contributed by atoms with Gasteiger partial charge in [-0.2, -0.15) is 0 Å².